The third-order valence-corrected chi connectivity index (χ3v) is 3.74. The zero-order valence-corrected chi connectivity index (χ0v) is 10.5. The van der Waals surface area contributed by atoms with Crippen LogP contribution >= 0.6 is 0 Å². The van der Waals surface area contributed by atoms with Gasteiger partial charge in [0.25, 0.3) is 0 Å². The maximum Gasteiger partial charge on any atom is 0.122 e. The van der Waals surface area contributed by atoms with Crippen LogP contribution in [0.4, 0.5) is 0 Å². The minimum atomic E-state index is 0.100. The molecule has 0 aromatic carbocycles. The molecule has 0 radical (unpaired) electrons. The van der Waals surface area contributed by atoms with E-state index in [2.05, 4.69) is 30.1 Å². The first-order valence-electron chi connectivity index (χ1n) is 6.12. The summed E-state index contributed by atoms with van der Waals surface area (Å²) in [5, 5.41) is 3.39. The van der Waals surface area contributed by atoms with Crippen LogP contribution in [-0.2, 0) is 0 Å². The first-order valence-corrected chi connectivity index (χ1v) is 6.12. The summed E-state index contributed by atoms with van der Waals surface area (Å²) in [6.07, 6.45) is 4.38. The van der Waals surface area contributed by atoms with E-state index >= 15 is 0 Å². The monoisotopic (exact) mass is 222 g/mol. The van der Waals surface area contributed by atoms with Crippen molar-refractivity contribution < 1.29 is 4.42 Å². The molecule has 1 fully saturated rings. The lowest BCUT2D eigenvalue weighted by atomic mass is 9.91. The Balaban J connectivity index is 2.19. The molecule has 1 aromatic heterocycles. The SMILES string of the molecule is CNC(c1ccco1)C(C)(C)N1CCCC1. The van der Waals surface area contributed by atoms with Crippen molar-refractivity contribution in [2.24, 2.45) is 0 Å². The quantitative estimate of drug-likeness (QED) is 0.848. The zero-order valence-electron chi connectivity index (χ0n) is 10.5. The third kappa shape index (κ3) is 2.02. The molecule has 1 aliphatic rings. The van der Waals surface area contributed by atoms with Crippen LogP contribution in [0.25, 0.3) is 0 Å². The average Bonchev–Trinajstić information content (AvgIpc) is 2.91. The highest BCUT2D eigenvalue weighted by molar-refractivity contribution is 5.11. The molecule has 1 aromatic rings. The zero-order chi connectivity index (χ0) is 11.6. The van der Waals surface area contributed by atoms with Crippen molar-refractivity contribution in [3.05, 3.63) is 24.2 Å². The molecule has 0 saturated carbocycles. The fraction of sp³-hybridized carbons (Fsp3) is 0.692. The van der Waals surface area contributed by atoms with Crippen LogP contribution in [0.1, 0.15) is 38.5 Å². The number of hydrogen-bond donors (Lipinski definition) is 1. The van der Waals surface area contributed by atoms with E-state index in [1.54, 1.807) is 6.26 Å². The Morgan fingerprint density at radius 3 is 2.56 bits per heavy atom. The van der Waals surface area contributed by atoms with Gasteiger partial charge in [0.05, 0.1) is 12.3 Å². The molecule has 0 amide bonds. The molecule has 0 spiro atoms. The number of nitrogens with zero attached hydrogens (tertiary/aromatic N) is 1. The molecular weight excluding hydrogens is 200 g/mol. The number of likely N-dealkylation sites (N-methyl/N-ethyl adjacent to an activating group) is 1. The second kappa shape index (κ2) is 4.60. The van der Waals surface area contributed by atoms with Crippen molar-refractivity contribution in [1.82, 2.24) is 10.2 Å². The second-order valence-electron chi connectivity index (χ2n) is 5.08. The first kappa shape index (κ1) is 11.7. The van der Waals surface area contributed by atoms with Gasteiger partial charge in [-0.3, -0.25) is 4.90 Å². The highest BCUT2D eigenvalue weighted by Gasteiger charge is 2.38. The lowest BCUT2D eigenvalue weighted by Gasteiger charge is -2.41. The number of furan rings is 1. The minimum Gasteiger partial charge on any atom is -0.468 e. The topological polar surface area (TPSA) is 28.4 Å². The second-order valence-corrected chi connectivity index (χ2v) is 5.08. The van der Waals surface area contributed by atoms with Crippen molar-refractivity contribution in [2.75, 3.05) is 20.1 Å². The fourth-order valence-electron chi connectivity index (χ4n) is 2.78. The number of likely N-dealkylation sites (tertiary alicyclic amines) is 1. The van der Waals surface area contributed by atoms with Gasteiger partial charge >= 0.3 is 0 Å². The maximum atomic E-state index is 5.54. The van der Waals surface area contributed by atoms with Crippen molar-refractivity contribution in [3.63, 3.8) is 0 Å². The van der Waals surface area contributed by atoms with E-state index in [1.807, 2.05) is 13.1 Å². The van der Waals surface area contributed by atoms with Crippen LogP contribution in [0.3, 0.4) is 0 Å². The highest BCUT2D eigenvalue weighted by Crippen LogP contribution is 2.33. The molecular formula is C13H22N2O. The Hall–Kier alpha value is -0.800. The third-order valence-electron chi connectivity index (χ3n) is 3.74. The predicted molar refractivity (Wildman–Crippen MR) is 65.4 cm³/mol. The Kier molecular flexibility index (Phi) is 3.36. The van der Waals surface area contributed by atoms with E-state index in [0.29, 0.717) is 0 Å². The standard InChI is InChI=1S/C13H22N2O/c1-13(2,15-8-4-5-9-15)12(14-3)11-7-6-10-16-11/h6-7,10,12,14H,4-5,8-9H2,1-3H3. The van der Waals surface area contributed by atoms with Gasteiger partial charge in [-0.1, -0.05) is 0 Å². The van der Waals surface area contributed by atoms with Crippen LogP contribution in [0.15, 0.2) is 22.8 Å². The normalized spacial score (nSPS) is 20.2. The maximum absolute atomic E-state index is 5.54. The molecule has 3 heteroatoms. The van der Waals surface area contributed by atoms with Gasteiger partial charge in [0.2, 0.25) is 0 Å². The molecule has 1 aliphatic heterocycles. The van der Waals surface area contributed by atoms with Crippen LogP contribution in [0.5, 0.6) is 0 Å². The smallest absolute Gasteiger partial charge is 0.122 e. The Labute approximate surface area is 97.8 Å². The van der Waals surface area contributed by atoms with Gasteiger partial charge in [-0.05, 0) is 59.0 Å². The Morgan fingerprint density at radius 1 is 1.38 bits per heavy atom. The summed E-state index contributed by atoms with van der Waals surface area (Å²) in [5.74, 6) is 1.03. The van der Waals surface area contributed by atoms with E-state index in [9.17, 15) is 0 Å². The number of nitrogens with one attached hydrogen (secondary N) is 1. The predicted octanol–water partition coefficient (Wildman–Crippen LogP) is 2.41. The largest absolute Gasteiger partial charge is 0.468 e. The Bertz CT molecular complexity index is 313. The van der Waals surface area contributed by atoms with Crippen LogP contribution < -0.4 is 5.32 Å². The molecule has 2 rings (SSSR count). The van der Waals surface area contributed by atoms with Crippen LogP contribution in [0.2, 0.25) is 0 Å². The highest BCUT2D eigenvalue weighted by atomic mass is 16.3. The van der Waals surface area contributed by atoms with E-state index in [0.717, 1.165) is 5.76 Å². The summed E-state index contributed by atoms with van der Waals surface area (Å²) in [4.78, 5) is 2.55. The molecule has 0 aliphatic carbocycles. The molecule has 1 unspecified atom stereocenters. The van der Waals surface area contributed by atoms with Gasteiger partial charge in [0, 0.05) is 5.54 Å². The molecule has 0 bridgehead atoms. The summed E-state index contributed by atoms with van der Waals surface area (Å²) in [7, 11) is 2.00. The van der Waals surface area contributed by atoms with E-state index in [-0.39, 0.29) is 11.6 Å². The van der Waals surface area contributed by atoms with Gasteiger partial charge in [-0.2, -0.15) is 0 Å². The summed E-state index contributed by atoms with van der Waals surface area (Å²) in [6, 6.07) is 4.26. The lowest BCUT2D eigenvalue weighted by Crippen LogP contribution is -2.50. The van der Waals surface area contributed by atoms with E-state index in [1.165, 1.54) is 25.9 Å². The summed E-state index contributed by atoms with van der Waals surface area (Å²) in [6.45, 7) is 6.99. The lowest BCUT2D eigenvalue weighted by molar-refractivity contribution is 0.1000. The number of rotatable bonds is 4. The van der Waals surface area contributed by atoms with Gasteiger partial charge < -0.3 is 9.73 Å². The van der Waals surface area contributed by atoms with Gasteiger partial charge in [0.1, 0.15) is 5.76 Å². The molecule has 2 heterocycles. The Morgan fingerprint density at radius 2 is 2.06 bits per heavy atom. The van der Waals surface area contributed by atoms with Crippen molar-refractivity contribution in [3.8, 4) is 0 Å². The van der Waals surface area contributed by atoms with Crippen molar-refractivity contribution in [2.45, 2.75) is 38.3 Å². The summed E-state index contributed by atoms with van der Waals surface area (Å²) >= 11 is 0. The summed E-state index contributed by atoms with van der Waals surface area (Å²) < 4.78 is 5.54. The minimum absolute atomic E-state index is 0.100. The van der Waals surface area contributed by atoms with Crippen LogP contribution in [-0.4, -0.2) is 30.6 Å². The molecule has 3 nitrogen and oxygen atoms in total. The first-order chi connectivity index (χ1) is 7.66. The van der Waals surface area contributed by atoms with Gasteiger partial charge in [-0.25, -0.2) is 0 Å². The van der Waals surface area contributed by atoms with E-state index in [4.69, 9.17) is 4.42 Å². The van der Waals surface area contributed by atoms with Crippen LogP contribution in [0, 0.1) is 0 Å². The molecule has 1 N–H and O–H groups in total. The molecule has 16 heavy (non-hydrogen) atoms. The number of hydrogen-bond acceptors (Lipinski definition) is 3. The fourth-order valence-corrected chi connectivity index (χ4v) is 2.78. The van der Waals surface area contributed by atoms with E-state index < -0.39 is 0 Å². The molecule has 1 atom stereocenters. The molecule has 90 valence electrons. The van der Waals surface area contributed by atoms with Crippen molar-refractivity contribution >= 4 is 0 Å². The summed E-state index contributed by atoms with van der Waals surface area (Å²) in [5.41, 5.74) is 0.100. The van der Waals surface area contributed by atoms with Crippen molar-refractivity contribution in [1.29, 1.82) is 0 Å². The molecule has 1 saturated heterocycles. The van der Waals surface area contributed by atoms with Gasteiger partial charge in [-0.15, -0.1) is 0 Å². The average molecular weight is 222 g/mol. The van der Waals surface area contributed by atoms with Gasteiger partial charge in [0.15, 0.2) is 0 Å².